The Balaban J connectivity index is 2.74. The summed E-state index contributed by atoms with van der Waals surface area (Å²) >= 11 is 4.85. The summed E-state index contributed by atoms with van der Waals surface area (Å²) in [7, 11) is 0. The second-order valence-electron chi connectivity index (χ2n) is 1.94. The highest BCUT2D eigenvalue weighted by Gasteiger charge is 2.05. The molecule has 0 saturated heterocycles. The van der Waals surface area contributed by atoms with Crippen LogP contribution in [0.3, 0.4) is 0 Å². The molecule has 2 nitrogen and oxygen atoms in total. The first kappa shape index (κ1) is 8.20. The maximum absolute atomic E-state index is 9.20. The van der Waals surface area contributed by atoms with Crippen LogP contribution in [0.2, 0.25) is 0 Å². The number of halogens is 1. The van der Waals surface area contributed by atoms with Crippen LogP contribution < -0.4 is 5.73 Å². The van der Waals surface area contributed by atoms with E-state index < -0.39 is 6.10 Å². The van der Waals surface area contributed by atoms with Crippen LogP contribution >= 0.6 is 27.3 Å². The smallest absolute Gasteiger partial charge is 0.0920 e. The van der Waals surface area contributed by atoms with Gasteiger partial charge in [0.25, 0.3) is 0 Å². The normalized spacial score (nSPS) is 13.5. The molecule has 1 atom stereocenters. The molecule has 1 rings (SSSR count). The lowest BCUT2D eigenvalue weighted by Crippen LogP contribution is -2.10. The Labute approximate surface area is 71.8 Å². The number of hydrogen-bond donors (Lipinski definition) is 2. The van der Waals surface area contributed by atoms with E-state index in [-0.39, 0.29) is 6.54 Å². The summed E-state index contributed by atoms with van der Waals surface area (Å²) in [6.45, 7) is 0.281. The van der Waals surface area contributed by atoms with Gasteiger partial charge in [-0.15, -0.1) is 11.3 Å². The molecule has 0 aliphatic rings. The molecule has 0 bridgehead atoms. The zero-order valence-electron chi connectivity index (χ0n) is 5.25. The Morgan fingerprint density at radius 1 is 1.80 bits per heavy atom. The minimum atomic E-state index is -0.512. The van der Waals surface area contributed by atoms with Crippen molar-refractivity contribution in [3.05, 3.63) is 20.8 Å². The van der Waals surface area contributed by atoms with Crippen LogP contribution in [0.25, 0.3) is 0 Å². The lowest BCUT2D eigenvalue weighted by molar-refractivity contribution is 0.187. The number of nitrogens with two attached hydrogens (primary N) is 1. The largest absolute Gasteiger partial charge is 0.387 e. The van der Waals surface area contributed by atoms with Crippen molar-refractivity contribution in [2.75, 3.05) is 6.54 Å². The van der Waals surface area contributed by atoms with Gasteiger partial charge >= 0.3 is 0 Å². The van der Waals surface area contributed by atoms with Crippen molar-refractivity contribution in [2.45, 2.75) is 6.10 Å². The summed E-state index contributed by atoms with van der Waals surface area (Å²) in [6.07, 6.45) is -0.512. The highest BCUT2D eigenvalue weighted by atomic mass is 79.9. The van der Waals surface area contributed by atoms with Crippen LogP contribution in [0.4, 0.5) is 0 Å². The second kappa shape index (κ2) is 3.48. The monoisotopic (exact) mass is 221 g/mol. The lowest BCUT2D eigenvalue weighted by Gasteiger charge is -2.02. The Bertz CT molecular complexity index is 213. The van der Waals surface area contributed by atoms with Crippen LogP contribution in [0.15, 0.2) is 15.2 Å². The van der Waals surface area contributed by atoms with E-state index in [0.29, 0.717) is 0 Å². The molecule has 1 aromatic heterocycles. The summed E-state index contributed by atoms with van der Waals surface area (Å²) in [5.74, 6) is 0. The van der Waals surface area contributed by atoms with Gasteiger partial charge < -0.3 is 10.8 Å². The summed E-state index contributed by atoms with van der Waals surface area (Å²) in [5, 5.41) is 11.1. The minimum absolute atomic E-state index is 0.281. The Morgan fingerprint density at radius 3 is 2.90 bits per heavy atom. The van der Waals surface area contributed by atoms with Crippen molar-refractivity contribution in [1.29, 1.82) is 0 Å². The Hall–Kier alpha value is 0.100. The molecule has 0 spiro atoms. The average molecular weight is 222 g/mol. The van der Waals surface area contributed by atoms with E-state index in [0.717, 1.165) is 9.35 Å². The summed E-state index contributed by atoms with van der Waals surface area (Å²) in [4.78, 5) is 0. The van der Waals surface area contributed by atoms with E-state index >= 15 is 0 Å². The SMILES string of the molecule is NC[C@@H](O)c1csc(Br)c1. The second-order valence-corrected chi connectivity index (χ2v) is 4.23. The number of aliphatic hydroxyl groups is 1. The Morgan fingerprint density at radius 2 is 2.50 bits per heavy atom. The molecule has 0 aliphatic carbocycles. The third-order valence-corrected chi connectivity index (χ3v) is 2.72. The lowest BCUT2D eigenvalue weighted by atomic mass is 10.2. The molecule has 56 valence electrons. The molecular formula is C6H8BrNOS. The molecule has 10 heavy (non-hydrogen) atoms. The molecule has 1 aromatic rings. The molecule has 3 N–H and O–H groups in total. The van der Waals surface area contributed by atoms with Gasteiger partial charge in [0.2, 0.25) is 0 Å². The van der Waals surface area contributed by atoms with Gasteiger partial charge in [-0.05, 0) is 32.9 Å². The van der Waals surface area contributed by atoms with Crippen LogP contribution in [0.5, 0.6) is 0 Å². The maximum atomic E-state index is 9.20. The zero-order chi connectivity index (χ0) is 7.56. The van der Waals surface area contributed by atoms with Crippen molar-refractivity contribution in [3.63, 3.8) is 0 Å². The van der Waals surface area contributed by atoms with E-state index in [1.54, 1.807) is 11.3 Å². The van der Waals surface area contributed by atoms with Gasteiger partial charge in [0, 0.05) is 6.54 Å². The van der Waals surface area contributed by atoms with Crippen molar-refractivity contribution in [1.82, 2.24) is 0 Å². The first-order chi connectivity index (χ1) is 4.74. The van der Waals surface area contributed by atoms with Crippen molar-refractivity contribution >= 4 is 27.3 Å². The van der Waals surface area contributed by atoms with Gasteiger partial charge in [0.1, 0.15) is 0 Å². The van der Waals surface area contributed by atoms with Gasteiger partial charge in [0.15, 0.2) is 0 Å². The van der Waals surface area contributed by atoms with Crippen LogP contribution in [0.1, 0.15) is 11.7 Å². The molecule has 0 aromatic carbocycles. The maximum Gasteiger partial charge on any atom is 0.0920 e. The van der Waals surface area contributed by atoms with Crippen molar-refractivity contribution < 1.29 is 5.11 Å². The fraction of sp³-hybridized carbons (Fsp3) is 0.333. The number of rotatable bonds is 2. The van der Waals surface area contributed by atoms with Gasteiger partial charge in [-0.2, -0.15) is 0 Å². The van der Waals surface area contributed by atoms with Crippen LogP contribution in [-0.4, -0.2) is 11.7 Å². The van der Waals surface area contributed by atoms with Gasteiger partial charge in [-0.3, -0.25) is 0 Å². The molecule has 0 amide bonds. The first-order valence-electron chi connectivity index (χ1n) is 2.86. The van der Waals surface area contributed by atoms with E-state index in [1.165, 1.54) is 0 Å². The van der Waals surface area contributed by atoms with Crippen LogP contribution in [-0.2, 0) is 0 Å². The fourth-order valence-electron chi connectivity index (χ4n) is 0.634. The molecule has 0 fully saturated rings. The van der Waals surface area contributed by atoms with Gasteiger partial charge in [0.05, 0.1) is 9.89 Å². The molecule has 4 heteroatoms. The summed E-state index contributed by atoms with van der Waals surface area (Å²) < 4.78 is 1.02. The van der Waals surface area contributed by atoms with Gasteiger partial charge in [-0.1, -0.05) is 0 Å². The third-order valence-electron chi connectivity index (χ3n) is 1.20. The van der Waals surface area contributed by atoms with E-state index in [9.17, 15) is 5.11 Å². The standard InChI is InChI=1S/C6H8BrNOS/c7-6-1-4(3-10-6)5(9)2-8/h1,3,5,9H,2,8H2/t5-/m1/s1. The fourth-order valence-corrected chi connectivity index (χ4v) is 1.86. The number of thiophene rings is 1. The quantitative estimate of drug-likeness (QED) is 0.796. The molecule has 0 aliphatic heterocycles. The number of hydrogen-bond acceptors (Lipinski definition) is 3. The summed E-state index contributed by atoms with van der Waals surface area (Å²) in [6, 6.07) is 1.88. The Kier molecular flexibility index (Phi) is 2.85. The zero-order valence-corrected chi connectivity index (χ0v) is 7.65. The predicted octanol–water partition coefficient (Wildman–Crippen LogP) is 1.50. The average Bonchev–Trinajstić information content (AvgIpc) is 2.34. The molecule has 1 heterocycles. The van der Waals surface area contributed by atoms with Crippen molar-refractivity contribution in [2.24, 2.45) is 5.73 Å². The third kappa shape index (κ3) is 1.79. The highest BCUT2D eigenvalue weighted by Crippen LogP contribution is 2.24. The molecule has 0 unspecified atom stereocenters. The minimum Gasteiger partial charge on any atom is -0.387 e. The molecule has 0 saturated carbocycles. The first-order valence-corrected chi connectivity index (χ1v) is 4.53. The molecular weight excluding hydrogens is 214 g/mol. The van der Waals surface area contributed by atoms with Crippen LogP contribution in [0, 0.1) is 0 Å². The summed E-state index contributed by atoms with van der Waals surface area (Å²) in [5.41, 5.74) is 6.14. The topological polar surface area (TPSA) is 46.2 Å². The van der Waals surface area contributed by atoms with Gasteiger partial charge in [-0.25, -0.2) is 0 Å². The predicted molar refractivity (Wildman–Crippen MR) is 46.0 cm³/mol. The van der Waals surface area contributed by atoms with Crippen molar-refractivity contribution in [3.8, 4) is 0 Å². The van der Waals surface area contributed by atoms with E-state index in [4.69, 9.17) is 5.73 Å². The molecule has 0 radical (unpaired) electrons. The van der Waals surface area contributed by atoms with E-state index in [2.05, 4.69) is 15.9 Å². The highest BCUT2D eigenvalue weighted by molar-refractivity contribution is 9.11. The number of aliphatic hydroxyl groups excluding tert-OH is 1. The van der Waals surface area contributed by atoms with E-state index in [1.807, 2.05) is 11.4 Å².